The van der Waals surface area contributed by atoms with E-state index in [9.17, 15) is 9.59 Å². The first-order valence-corrected chi connectivity index (χ1v) is 9.86. The lowest BCUT2D eigenvalue weighted by Crippen LogP contribution is -2.51. The van der Waals surface area contributed by atoms with Crippen LogP contribution >= 0.6 is 0 Å². The number of ether oxygens (including phenoxy) is 1. The fourth-order valence-electron chi connectivity index (χ4n) is 6.95. The lowest BCUT2D eigenvalue weighted by atomic mass is 9.47. The van der Waals surface area contributed by atoms with Gasteiger partial charge in [-0.1, -0.05) is 26.0 Å². The van der Waals surface area contributed by atoms with Gasteiger partial charge in [0.15, 0.2) is 5.78 Å². The molecule has 0 aromatic heterocycles. The molecular formula is C22H30O3. The Bertz CT molecular complexity index is 675. The van der Waals surface area contributed by atoms with Gasteiger partial charge >= 0.3 is 5.97 Å². The molecule has 4 aliphatic carbocycles. The summed E-state index contributed by atoms with van der Waals surface area (Å²) in [7, 11) is 0. The third-order valence-electron chi connectivity index (χ3n) is 8.19. The second-order valence-corrected chi connectivity index (χ2v) is 9.37. The van der Waals surface area contributed by atoms with Crippen LogP contribution in [0.1, 0.15) is 65.7 Å². The predicted octanol–water partition coefficient (Wildman–Crippen LogP) is 4.62. The molecule has 0 radical (unpaired) electrons. The van der Waals surface area contributed by atoms with E-state index in [1.54, 1.807) is 0 Å². The average molecular weight is 342 g/mol. The van der Waals surface area contributed by atoms with Gasteiger partial charge in [0, 0.05) is 12.3 Å². The maximum absolute atomic E-state index is 12.1. The lowest BCUT2D eigenvalue weighted by molar-refractivity contribution is -0.157. The topological polar surface area (TPSA) is 43.4 Å². The number of rotatable bonds is 1. The molecule has 0 aliphatic heterocycles. The van der Waals surface area contributed by atoms with Crippen LogP contribution in [0.15, 0.2) is 23.8 Å². The Hall–Kier alpha value is -1.38. The van der Waals surface area contributed by atoms with Crippen molar-refractivity contribution in [3.8, 4) is 0 Å². The zero-order chi connectivity index (χ0) is 18.0. The van der Waals surface area contributed by atoms with Gasteiger partial charge in [-0.3, -0.25) is 9.59 Å². The van der Waals surface area contributed by atoms with E-state index < -0.39 is 0 Å². The maximum Gasteiger partial charge on any atom is 0.302 e. The van der Waals surface area contributed by atoms with Gasteiger partial charge in [-0.25, -0.2) is 0 Å². The first kappa shape index (κ1) is 17.1. The minimum atomic E-state index is -0.142. The molecule has 0 unspecified atom stereocenters. The molecule has 0 amide bonds. The van der Waals surface area contributed by atoms with Crippen molar-refractivity contribution in [1.82, 2.24) is 0 Å². The Kier molecular flexibility index (Phi) is 3.79. The van der Waals surface area contributed by atoms with Crippen molar-refractivity contribution in [3.63, 3.8) is 0 Å². The highest BCUT2D eigenvalue weighted by Gasteiger charge is 2.60. The van der Waals surface area contributed by atoms with E-state index in [4.69, 9.17) is 4.74 Å². The average Bonchev–Trinajstić information content (AvgIpc) is 2.85. The Morgan fingerprint density at radius 3 is 2.68 bits per heavy atom. The summed E-state index contributed by atoms with van der Waals surface area (Å²) in [6.07, 6.45) is 9.51. The smallest absolute Gasteiger partial charge is 0.302 e. The van der Waals surface area contributed by atoms with Gasteiger partial charge in [-0.05, 0) is 79.8 Å². The van der Waals surface area contributed by atoms with E-state index in [1.165, 1.54) is 31.8 Å². The highest BCUT2D eigenvalue weighted by molar-refractivity contribution is 6.05. The fourth-order valence-corrected chi connectivity index (χ4v) is 6.95. The summed E-state index contributed by atoms with van der Waals surface area (Å²) in [4.78, 5) is 23.6. The minimum Gasteiger partial charge on any atom is -0.462 e. The molecule has 0 heterocycles. The normalized spacial score (nSPS) is 46.0. The van der Waals surface area contributed by atoms with E-state index in [1.807, 2.05) is 6.08 Å². The zero-order valence-corrected chi connectivity index (χ0v) is 15.8. The second-order valence-electron chi connectivity index (χ2n) is 9.37. The van der Waals surface area contributed by atoms with Gasteiger partial charge in [0.05, 0.1) is 0 Å². The largest absolute Gasteiger partial charge is 0.462 e. The van der Waals surface area contributed by atoms with Gasteiger partial charge in [-0.2, -0.15) is 0 Å². The van der Waals surface area contributed by atoms with E-state index in [0.29, 0.717) is 17.8 Å². The Morgan fingerprint density at radius 2 is 1.96 bits per heavy atom. The van der Waals surface area contributed by atoms with Crippen LogP contribution in [0.3, 0.4) is 0 Å². The molecule has 3 heteroatoms. The molecule has 136 valence electrons. The monoisotopic (exact) mass is 342 g/mol. The van der Waals surface area contributed by atoms with E-state index in [0.717, 1.165) is 31.3 Å². The van der Waals surface area contributed by atoms with Crippen LogP contribution in [-0.4, -0.2) is 17.9 Å². The molecular weight excluding hydrogens is 312 g/mol. The summed E-state index contributed by atoms with van der Waals surface area (Å²) in [6, 6.07) is 0. The Labute approximate surface area is 150 Å². The van der Waals surface area contributed by atoms with Crippen molar-refractivity contribution in [1.29, 1.82) is 0 Å². The SMILES string of the molecule is C=C1C[C@@]2(C)C(=CC1=O)CC[C@H]1[C@@H]3CC[C@H](OC(C)=O)[C@@]3(C)CC[C@@H]12. The molecule has 3 saturated carbocycles. The van der Waals surface area contributed by atoms with Crippen molar-refractivity contribution >= 4 is 11.8 Å². The number of hydrogen-bond acceptors (Lipinski definition) is 3. The molecule has 4 rings (SSSR count). The van der Waals surface area contributed by atoms with E-state index in [-0.39, 0.29) is 28.7 Å². The van der Waals surface area contributed by atoms with Crippen molar-refractivity contribution in [2.45, 2.75) is 71.8 Å². The Morgan fingerprint density at radius 1 is 1.20 bits per heavy atom. The maximum atomic E-state index is 12.1. The van der Waals surface area contributed by atoms with Crippen LogP contribution in [0.2, 0.25) is 0 Å². The van der Waals surface area contributed by atoms with E-state index in [2.05, 4.69) is 20.4 Å². The number of esters is 1. The summed E-state index contributed by atoms with van der Waals surface area (Å²) in [5.74, 6) is 1.95. The van der Waals surface area contributed by atoms with Crippen molar-refractivity contribution in [2.75, 3.05) is 0 Å². The molecule has 4 aliphatic rings. The molecule has 3 nitrogen and oxygen atoms in total. The number of ketones is 1. The molecule has 6 atom stereocenters. The van der Waals surface area contributed by atoms with Crippen molar-refractivity contribution in [3.05, 3.63) is 23.8 Å². The summed E-state index contributed by atoms with van der Waals surface area (Å²) >= 11 is 0. The first-order chi connectivity index (χ1) is 11.8. The van der Waals surface area contributed by atoms with Gasteiger partial charge in [-0.15, -0.1) is 0 Å². The summed E-state index contributed by atoms with van der Waals surface area (Å²) in [5.41, 5.74) is 2.38. The van der Waals surface area contributed by atoms with Crippen molar-refractivity contribution < 1.29 is 14.3 Å². The van der Waals surface area contributed by atoms with Crippen LogP contribution in [0.5, 0.6) is 0 Å². The highest BCUT2D eigenvalue weighted by Crippen LogP contribution is 2.65. The number of fused-ring (bicyclic) bond motifs is 5. The first-order valence-electron chi connectivity index (χ1n) is 9.86. The van der Waals surface area contributed by atoms with Crippen molar-refractivity contribution in [2.24, 2.45) is 28.6 Å². The molecule has 25 heavy (non-hydrogen) atoms. The number of hydrogen-bond donors (Lipinski definition) is 0. The second kappa shape index (κ2) is 5.56. The van der Waals surface area contributed by atoms with Gasteiger partial charge < -0.3 is 4.74 Å². The quantitative estimate of drug-likeness (QED) is 0.516. The number of carbonyl (C=O) groups is 2. The lowest BCUT2D eigenvalue weighted by Gasteiger charge is -2.57. The molecule has 0 bridgehead atoms. The summed E-state index contributed by atoms with van der Waals surface area (Å²) in [5, 5.41) is 0. The summed E-state index contributed by atoms with van der Waals surface area (Å²) < 4.78 is 5.72. The zero-order valence-electron chi connectivity index (χ0n) is 15.8. The molecule has 0 N–H and O–H groups in total. The van der Waals surface area contributed by atoms with Gasteiger partial charge in [0.1, 0.15) is 6.10 Å². The third kappa shape index (κ3) is 2.38. The molecule has 0 aromatic rings. The molecule has 0 saturated heterocycles. The molecule has 3 fully saturated rings. The van der Waals surface area contributed by atoms with Crippen LogP contribution in [-0.2, 0) is 14.3 Å². The highest BCUT2D eigenvalue weighted by atomic mass is 16.5. The van der Waals surface area contributed by atoms with Crippen LogP contribution < -0.4 is 0 Å². The minimum absolute atomic E-state index is 0.0867. The standard InChI is InChI=1S/C22H30O3/c1-13-12-22(4)15(11-19(13)24)5-6-16-17-7-8-20(25-14(2)23)21(17,3)10-9-18(16)22/h11,16-18,20H,1,5-10,12H2,2-4H3/t16-,17-,18-,20-,21-,22-/m0/s1. The summed E-state index contributed by atoms with van der Waals surface area (Å²) in [6.45, 7) is 10.3. The van der Waals surface area contributed by atoms with Crippen LogP contribution in [0.4, 0.5) is 0 Å². The van der Waals surface area contributed by atoms with Gasteiger partial charge in [0.25, 0.3) is 0 Å². The Balaban J connectivity index is 1.64. The van der Waals surface area contributed by atoms with E-state index >= 15 is 0 Å². The van der Waals surface area contributed by atoms with Crippen LogP contribution in [0.25, 0.3) is 0 Å². The molecule has 0 spiro atoms. The van der Waals surface area contributed by atoms with Crippen LogP contribution in [0, 0.1) is 28.6 Å². The number of carbonyl (C=O) groups excluding carboxylic acids is 2. The number of allylic oxidation sites excluding steroid dienone is 2. The predicted molar refractivity (Wildman–Crippen MR) is 96.8 cm³/mol. The third-order valence-corrected chi connectivity index (χ3v) is 8.19. The molecule has 0 aromatic carbocycles. The fraction of sp³-hybridized carbons (Fsp3) is 0.727. The van der Waals surface area contributed by atoms with Gasteiger partial charge in [0.2, 0.25) is 0 Å².